The third-order valence-corrected chi connectivity index (χ3v) is 6.37. The summed E-state index contributed by atoms with van der Waals surface area (Å²) < 4.78 is 0. The van der Waals surface area contributed by atoms with Crippen LogP contribution >= 0.6 is 0 Å². The lowest BCUT2D eigenvalue weighted by Gasteiger charge is -1.98. The fraction of sp³-hybridized carbons (Fsp3) is 0.0500. The van der Waals surface area contributed by atoms with Crippen molar-refractivity contribution in [3.05, 3.63) is 170 Å². The Kier molecular flexibility index (Phi) is 26.7. The highest BCUT2D eigenvalue weighted by Gasteiger charge is 2.18. The maximum Gasteiger partial charge on any atom is 0.335 e. The minimum atomic E-state index is -1.42. The third-order valence-electron chi connectivity index (χ3n) is 6.37. The first-order valence-corrected chi connectivity index (χ1v) is 17.3. The van der Waals surface area contributed by atoms with E-state index in [0.717, 1.165) is 53.5 Å². The summed E-state index contributed by atoms with van der Waals surface area (Å²) in [5, 5.41) is 62.4. The van der Waals surface area contributed by atoms with Crippen LogP contribution in [0, 0.1) is 20.2 Å². The maximum absolute atomic E-state index is 10.5. The molecule has 0 spiro atoms. The number of aromatic carboxylic acids is 4. The maximum atomic E-state index is 10.5. The van der Waals surface area contributed by atoms with E-state index in [0.29, 0.717) is 0 Å². The normalized spacial score (nSPS) is 8.89. The molecule has 25 nitrogen and oxygen atoms in total. The lowest BCUT2D eigenvalue weighted by molar-refractivity contribution is -0.385. The molecule has 0 atom stereocenters. The van der Waals surface area contributed by atoms with E-state index in [9.17, 15) is 58.6 Å². The standard InChI is InChI=1S/2C8H5NO6.3C7H8N2O.C3H6O.H2O/c2*10-7(11)4-1-5(8(12)13)3-6(2-4)9(14)15;3*8-7(10)9-6-4-2-1-3-5-6;1-3(2)4;/h2*1-3H,(H,10,11)(H,12,13);3*1-5H,(H3,8,9,10);1-2H3;1H2. The van der Waals surface area contributed by atoms with Gasteiger partial charge in [-0.15, -0.1) is 0 Å². The molecule has 0 aliphatic heterocycles. The van der Waals surface area contributed by atoms with Crippen LogP contribution < -0.4 is 33.2 Å². The lowest BCUT2D eigenvalue weighted by Crippen LogP contribution is -2.18. The molecule has 25 heteroatoms. The first-order valence-electron chi connectivity index (χ1n) is 17.3. The van der Waals surface area contributed by atoms with E-state index in [1.807, 2.05) is 54.6 Å². The number of urea groups is 3. The zero-order valence-corrected chi connectivity index (χ0v) is 33.9. The monoisotopic (exact) mass is 906 g/mol. The molecule has 0 aliphatic carbocycles. The highest BCUT2D eigenvalue weighted by atomic mass is 16.6. The summed E-state index contributed by atoms with van der Waals surface area (Å²) in [6, 6.07) is 30.5. The molecule has 65 heavy (non-hydrogen) atoms. The largest absolute Gasteiger partial charge is 0.478 e. The molecule has 0 bridgehead atoms. The van der Waals surface area contributed by atoms with Crippen molar-refractivity contribution in [3.8, 4) is 0 Å². The topological polar surface area (TPSA) is 449 Å². The molecular formula is C40H42N8O17. The first kappa shape index (κ1) is 57.3. The van der Waals surface area contributed by atoms with Crippen LogP contribution in [0.15, 0.2) is 127 Å². The second-order valence-electron chi connectivity index (χ2n) is 11.7. The molecule has 0 fully saturated rings. The average molecular weight is 907 g/mol. The SMILES string of the molecule is CC(C)=O.NC(=O)Nc1ccccc1.NC(=O)Nc1ccccc1.NC(=O)Nc1ccccc1.O.O=C(O)c1cc(C(=O)O)cc([N+](=O)[O-])c1.O=C(O)c1cc(C(=O)O)cc([N+](=O)[O-])c1. The van der Waals surface area contributed by atoms with Crippen LogP contribution in [0.3, 0.4) is 0 Å². The molecule has 6 amide bonds. The Labute approximate surface area is 366 Å². The number of hydrogen-bond donors (Lipinski definition) is 10. The van der Waals surface area contributed by atoms with Gasteiger partial charge in [0.1, 0.15) is 5.78 Å². The van der Waals surface area contributed by atoms with Crippen molar-refractivity contribution >= 4 is 76.2 Å². The van der Waals surface area contributed by atoms with Crippen LogP contribution in [-0.2, 0) is 4.79 Å². The van der Waals surface area contributed by atoms with Crippen LogP contribution in [-0.4, -0.2) is 83.5 Å². The van der Waals surface area contributed by atoms with Gasteiger partial charge in [0.05, 0.1) is 32.1 Å². The molecule has 0 saturated carbocycles. The molecule has 0 heterocycles. The number of benzene rings is 5. The van der Waals surface area contributed by atoms with E-state index in [1.165, 1.54) is 13.8 Å². The molecule has 5 aromatic rings. The van der Waals surface area contributed by atoms with Gasteiger partial charge in [0.15, 0.2) is 0 Å². The Bertz CT molecular complexity index is 2050. The number of amides is 6. The van der Waals surface area contributed by atoms with Crippen molar-refractivity contribution in [2.45, 2.75) is 13.8 Å². The van der Waals surface area contributed by atoms with Crippen LogP contribution in [0.5, 0.6) is 0 Å². The number of para-hydroxylation sites is 3. The number of carbonyl (C=O) groups excluding carboxylic acids is 4. The molecule has 15 N–H and O–H groups in total. The van der Waals surface area contributed by atoms with E-state index >= 15 is 0 Å². The predicted octanol–water partition coefficient (Wildman–Crippen LogP) is 5.28. The van der Waals surface area contributed by atoms with Gasteiger partial charge in [0.25, 0.3) is 11.4 Å². The number of nitro benzene ring substituents is 2. The number of primary amides is 3. The summed E-state index contributed by atoms with van der Waals surface area (Å²) >= 11 is 0. The number of Topliss-reactive ketones (excluding diaryl/α,β-unsaturated/α-hetero) is 1. The fourth-order valence-corrected chi connectivity index (χ4v) is 3.92. The number of carboxylic acid groups (broad SMARTS) is 4. The minimum absolute atomic E-state index is 0. The van der Waals surface area contributed by atoms with Gasteiger partial charge in [0, 0.05) is 41.3 Å². The van der Waals surface area contributed by atoms with E-state index in [4.69, 9.17) is 37.6 Å². The Morgan fingerprint density at radius 2 is 0.615 bits per heavy atom. The summed E-state index contributed by atoms with van der Waals surface area (Å²) in [6.45, 7) is 3.06. The summed E-state index contributed by atoms with van der Waals surface area (Å²) in [5.74, 6) is -5.50. The van der Waals surface area contributed by atoms with E-state index in [-0.39, 0.29) is 11.3 Å². The molecule has 0 unspecified atom stereocenters. The van der Waals surface area contributed by atoms with Crippen molar-refractivity contribution in [2.75, 3.05) is 16.0 Å². The number of ketones is 1. The summed E-state index contributed by atoms with van der Waals surface area (Å²) in [5.41, 5.74) is 13.9. The zero-order valence-electron chi connectivity index (χ0n) is 33.9. The third kappa shape index (κ3) is 26.8. The highest BCUT2D eigenvalue weighted by Crippen LogP contribution is 2.18. The second kappa shape index (κ2) is 30.3. The van der Waals surface area contributed by atoms with Crippen LogP contribution in [0.25, 0.3) is 0 Å². The van der Waals surface area contributed by atoms with Crippen LogP contribution in [0.4, 0.5) is 42.8 Å². The summed E-state index contributed by atoms with van der Waals surface area (Å²) in [6.07, 6.45) is 0. The first-order chi connectivity index (χ1) is 29.9. The molecule has 344 valence electrons. The number of rotatable bonds is 9. The molecule has 0 aliphatic rings. The highest BCUT2D eigenvalue weighted by molar-refractivity contribution is 5.96. The Morgan fingerprint density at radius 3 is 0.754 bits per heavy atom. The van der Waals surface area contributed by atoms with Crippen LogP contribution in [0.1, 0.15) is 55.3 Å². The van der Waals surface area contributed by atoms with Crippen LogP contribution in [0.2, 0.25) is 0 Å². The molecule has 0 saturated heterocycles. The lowest BCUT2D eigenvalue weighted by atomic mass is 10.1. The predicted molar refractivity (Wildman–Crippen MR) is 233 cm³/mol. The van der Waals surface area contributed by atoms with Gasteiger partial charge in [-0.3, -0.25) is 20.2 Å². The van der Waals surface area contributed by atoms with E-state index in [2.05, 4.69) is 16.0 Å². The number of carboxylic acids is 4. The molecule has 5 aromatic carbocycles. The van der Waals surface area contributed by atoms with Gasteiger partial charge in [-0.1, -0.05) is 54.6 Å². The smallest absolute Gasteiger partial charge is 0.335 e. The van der Waals surface area contributed by atoms with E-state index in [1.54, 1.807) is 36.4 Å². The minimum Gasteiger partial charge on any atom is -0.478 e. The van der Waals surface area contributed by atoms with E-state index < -0.39 is 85.4 Å². The number of hydrogen-bond acceptors (Lipinski definition) is 12. The zero-order chi connectivity index (χ0) is 48.9. The Balaban J connectivity index is 0. The van der Waals surface area contributed by atoms with Crippen molar-refractivity contribution in [1.82, 2.24) is 0 Å². The number of nitrogens with zero attached hydrogens (tertiary/aromatic N) is 2. The number of nitro groups is 2. The van der Waals surface area contributed by atoms with Crippen molar-refractivity contribution in [2.24, 2.45) is 17.2 Å². The average Bonchev–Trinajstić information content (AvgIpc) is 3.21. The quantitative estimate of drug-likeness (QED) is 0.0664. The molecular weight excluding hydrogens is 864 g/mol. The van der Waals surface area contributed by atoms with Gasteiger partial charge in [-0.2, -0.15) is 0 Å². The molecule has 5 rings (SSSR count). The number of nitrogens with two attached hydrogens (primary N) is 3. The number of non-ortho nitro benzene ring substituents is 2. The molecule has 0 aromatic heterocycles. The summed E-state index contributed by atoms with van der Waals surface area (Å²) in [4.78, 5) is 101. The number of nitrogens with one attached hydrogen (secondary N) is 3. The fourth-order valence-electron chi connectivity index (χ4n) is 3.92. The van der Waals surface area contributed by atoms with Gasteiger partial charge in [0.2, 0.25) is 0 Å². The van der Waals surface area contributed by atoms with Gasteiger partial charge < -0.3 is 63.8 Å². The Morgan fingerprint density at radius 1 is 0.431 bits per heavy atom. The summed E-state index contributed by atoms with van der Waals surface area (Å²) in [7, 11) is 0. The van der Waals surface area contributed by atoms with Crippen molar-refractivity contribution < 1.29 is 74.1 Å². The molecule has 0 radical (unpaired) electrons. The van der Waals surface area contributed by atoms with Gasteiger partial charge in [-0.05, 0) is 62.4 Å². The second-order valence-corrected chi connectivity index (χ2v) is 11.7. The van der Waals surface area contributed by atoms with Crippen molar-refractivity contribution in [1.29, 1.82) is 0 Å². The number of anilines is 3. The van der Waals surface area contributed by atoms with Gasteiger partial charge in [-0.25, -0.2) is 33.6 Å². The van der Waals surface area contributed by atoms with Gasteiger partial charge >= 0.3 is 42.0 Å². The Hall–Kier alpha value is -9.78. The number of carbonyl (C=O) groups is 8. The van der Waals surface area contributed by atoms with Crippen molar-refractivity contribution in [3.63, 3.8) is 0 Å².